The van der Waals surface area contributed by atoms with Gasteiger partial charge in [-0.2, -0.15) is 0 Å². The van der Waals surface area contributed by atoms with Crippen molar-refractivity contribution in [3.63, 3.8) is 0 Å². The SMILES string of the molecule is COc1ccccc1CN1CCN(C(=O)NCCc2cccnc2)CC1. The van der Waals surface area contributed by atoms with Gasteiger partial charge in [-0.1, -0.05) is 24.3 Å². The Morgan fingerprint density at radius 1 is 1.15 bits per heavy atom. The Kier molecular flexibility index (Phi) is 6.44. The maximum absolute atomic E-state index is 12.3. The molecule has 1 aliphatic heterocycles. The fraction of sp³-hybridized carbons (Fsp3) is 0.400. The van der Waals surface area contributed by atoms with E-state index in [2.05, 4.69) is 21.3 Å². The maximum Gasteiger partial charge on any atom is 0.317 e. The van der Waals surface area contributed by atoms with Crippen LogP contribution in [0.1, 0.15) is 11.1 Å². The molecule has 1 aromatic heterocycles. The summed E-state index contributed by atoms with van der Waals surface area (Å²) < 4.78 is 5.42. The quantitative estimate of drug-likeness (QED) is 0.864. The van der Waals surface area contributed by atoms with Gasteiger partial charge in [0.25, 0.3) is 0 Å². The van der Waals surface area contributed by atoms with Crippen molar-refractivity contribution >= 4 is 6.03 Å². The number of urea groups is 1. The number of hydrogen-bond acceptors (Lipinski definition) is 4. The molecule has 0 radical (unpaired) electrons. The summed E-state index contributed by atoms with van der Waals surface area (Å²) in [7, 11) is 1.70. The van der Waals surface area contributed by atoms with Crippen molar-refractivity contribution in [1.82, 2.24) is 20.1 Å². The predicted octanol–water partition coefficient (Wildman–Crippen LogP) is 2.16. The normalized spacial score (nSPS) is 14.9. The zero-order valence-corrected chi connectivity index (χ0v) is 15.2. The molecule has 0 aliphatic carbocycles. The highest BCUT2D eigenvalue weighted by Gasteiger charge is 2.21. The number of carbonyl (C=O) groups excluding carboxylic acids is 1. The third-order valence-corrected chi connectivity index (χ3v) is 4.66. The van der Waals surface area contributed by atoms with Crippen LogP contribution in [0.4, 0.5) is 4.79 Å². The van der Waals surface area contributed by atoms with E-state index in [0.717, 1.165) is 50.5 Å². The molecule has 2 aromatic rings. The Labute approximate surface area is 154 Å². The first-order valence-corrected chi connectivity index (χ1v) is 9.02. The summed E-state index contributed by atoms with van der Waals surface area (Å²) in [4.78, 5) is 20.7. The van der Waals surface area contributed by atoms with Crippen LogP contribution in [0.3, 0.4) is 0 Å². The standard InChI is InChI=1S/C20H26N4O2/c1-26-19-7-3-2-6-18(19)16-23-11-13-24(14-12-23)20(25)22-10-8-17-5-4-9-21-15-17/h2-7,9,15H,8,10-14,16H2,1H3,(H,22,25). The van der Waals surface area contributed by atoms with E-state index in [4.69, 9.17) is 4.74 Å². The molecule has 1 fully saturated rings. The summed E-state index contributed by atoms with van der Waals surface area (Å²) in [5, 5.41) is 3.00. The third kappa shape index (κ3) is 4.95. The van der Waals surface area contributed by atoms with Gasteiger partial charge >= 0.3 is 6.03 Å². The number of pyridine rings is 1. The minimum atomic E-state index is 0.0193. The van der Waals surface area contributed by atoms with E-state index >= 15 is 0 Å². The van der Waals surface area contributed by atoms with Crippen LogP contribution >= 0.6 is 0 Å². The summed E-state index contributed by atoms with van der Waals surface area (Å²) in [6.45, 7) is 4.70. The van der Waals surface area contributed by atoms with Gasteiger partial charge in [0.05, 0.1) is 7.11 Å². The molecule has 138 valence electrons. The number of aromatic nitrogens is 1. The molecule has 26 heavy (non-hydrogen) atoms. The molecule has 1 N–H and O–H groups in total. The van der Waals surface area contributed by atoms with Crippen LogP contribution in [0.5, 0.6) is 5.75 Å². The molecule has 0 bridgehead atoms. The lowest BCUT2D eigenvalue weighted by atomic mass is 10.1. The molecule has 2 amide bonds. The van der Waals surface area contributed by atoms with Gasteiger partial charge in [-0.3, -0.25) is 9.88 Å². The summed E-state index contributed by atoms with van der Waals surface area (Å²) in [6.07, 6.45) is 4.39. The first kappa shape index (κ1) is 18.2. The largest absolute Gasteiger partial charge is 0.496 e. The Balaban J connectivity index is 1.41. The minimum absolute atomic E-state index is 0.0193. The van der Waals surface area contributed by atoms with Gasteiger partial charge in [0.1, 0.15) is 5.75 Å². The molecular formula is C20H26N4O2. The lowest BCUT2D eigenvalue weighted by Crippen LogP contribution is -2.51. The van der Waals surface area contributed by atoms with E-state index in [1.54, 1.807) is 13.3 Å². The minimum Gasteiger partial charge on any atom is -0.496 e. The lowest BCUT2D eigenvalue weighted by Gasteiger charge is -2.34. The van der Waals surface area contributed by atoms with E-state index in [1.165, 1.54) is 5.56 Å². The number of nitrogens with zero attached hydrogens (tertiary/aromatic N) is 3. The summed E-state index contributed by atoms with van der Waals surface area (Å²) in [6, 6.07) is 12.1. The number of para-hydroxylation sites is 1. The Morgan fingerprint density at radius 2 is 1.96 bits per heavy atom. The van der Waals surface area contributed by atoms with Gasteiger partial charge in [-0.25, -0.2) is 4.79 Å². The number of rotatable bonds is 6. The summed E-state index contributed by atoms with van der Waals surface area (Å²) >= 11 is 0. The van der Waals surface area contributed by atoms with Gasteiger partial charge in [-0.05, 0) is 24.1 Å². The smallest absolute Gasteiger partial charge is 0.317 e. The van der Waals surface area contributed by atoms with Crippen molar-refractivity contribution in [2.75, 3.05) is 39.8 Å². The van der Waals surface area contributed by atoms with Gasteiger partial charge < -0.3 is 15.0 Å². The predicted molar refractivity (Wildman–Crippen MR) is 101 cm³/mol. The molecule has 0 saturated carbocycles. The first-order chi connectivity index (χ1) is 12.8. The van der Waals surface area contributed by atoms with E-state index in [-0.39, 0.29) is 6.03 Å². The monoisotopic (exact) mass is 354 g/mol. The molecule has 3 rings (SSSR count). The van der Waals surface area contributed by atoms with Crippen LogP contribution in [-0.2, 0) is 13.0 Å². The molecule has 6 heteroatoms. The number of methoxy groups -OCH3 is 1. The fourth-order valence-corrected chi connectivity index (χ4v) is 3.16. The Bertz CT molecular complexity index is 700. The van der Waals surface area contributed by atoms with E-state index < -0.39 is 0 Å². The molecule has 1 aromatic carbocycles. The lowest BCUT2D eigenvalue weighted by molar-refractivity contribution is 0.134. The molecule has 1 aliphatic rings. The van der Waals surface area contributed by atoms with Gasteiger partial charge in [0, 0.05) is 57.2 Å². The Hall–Kier alpha value is -2.60. The number of benzene rings is 1. The van der Waals surface area contributed by atoms with Gasteiger partial charge in [0.2, 0.25) is 0 Å². The van der Waals surface area contributed by atoms with Crippen LogP contribution in [0, 0.1) is 0 Å². The second-order valence-corrected chi connectivity index (χ2v) is 6.42. The van der Waals surface area contributed by atoms with Crippen LogP contribution in [-0.4, -0.2) is 60.6 Å². The van der Waals surface area contributed by atoms with E-state index in [1.807, 2.05) is 41.4 Å². The van der Waals surface area contributed by atoms with Gasteiger partial charge in [-0.15, -0.1) is 0 Å². The average molecular weight is 354 g/mol. The van der Waals surface area contributed by atoms with Crippen molar-refractivity contribution in [2.24, 2.45) is 0 Å². The van der Waals surface area contributed by atoms with Crippen molar-refractivity contribution in [3.8, 4) is 5.75 Å². The molecule has 1 saturated heterocycles. The fourth-order valence-electron chi connectivity index (χ4n) is 3.16. The van der Waals surface area contributed by atoms with Crippen molar-refractivity contribution in [3.05, 3.63) is 59.9 Å². The van der Waals surface area contributed by atoms with E-state index in [9.17, 15) is 4.79 Å². The second-order valence-electron chi connectivity index (χ2n) is 6.42. The van der Waals surface area contributed by atoms with Crippen LogP contribution in [0.25, 0.3) is 0 Å². The van der Waals surface area contributed by atoms with Crippen molar-refractivity contribution < 1.29 is 9.53 Å². The Morgan fingerprint density at radius 3 is 2.69 bits per heavy atom. The molecular weight excluding hydrogens is 328 g/mol. The number of piperazine rings is 1. The maximum atomic E-state index is 12.3. The molecule has 0 spiro atoms. The molecule has 6 nitrogen and oxygen atoms in total. The number of ether oxygens (including phenoxy) is 1. The number of carbonyl (C=O) groups is 1. The molecule has 2 heterocycles. The van der Waals surface area contributed by atoms with Crippen LogP contribution < -0.4 is 10.1 Å². The highest BCUT2D eigenvalue weighted by Crippen LogP contribution is 2.19. The summed E-state index contributed by atoms with van der Waals surface area (Å²) in [5.74, 6) is 0.920. The number of hydrogen-bond donors (Lipinski definition) is 1. The zero-order chi connectivity index (χ0) is 18.2. The van der Waals surface area contributed by atoms with Crippen LogP contribution in [0.2, 0.25) is 0 Å². The summed E-state index contributed by atoms with van der Waals surface area (Å²) in [5.41, 5.74) is 2.32. The number of amides is 2. The van der Waals surface area contributed by atoms with E-state index in [0.29, 0.717) is 6.54 Å². The first-order valence-electron chi connectivity index (χ1n) is 9.02. The van der Waals surface area contributed by atoms with Crippen molar-refractivity contribution in [1.29, 1.82) is 0 Å². The molecule has 0 atom stereocenters. The van der Waals surface area contributed by atoms with Crippen molar-refractivity contribution in [2.45, 2.75) is 13.0 Å². The van der Waals surface area contributed by atoms with Gasteiger partial charge in [0.15, 0.2) is 0 Å². The van der Waals surface area contributed by atoms with Crippen LogP contribution in [0.15, 0.2) is 48.8 Å². The highest BCUT2D eigenvalue weighted by molar-refractivity contribution is 5.74. The third-order valence-electron chi connectivity index (χ3n) is 4.66. The second kappa shape index (κ2) is 9.20. The zero-order valence-electron chi connectivity index (χ0n) is 15.2. The molecule has 0 unspecified atom stereocenters. The highest BCUT2D eigenvalue weighted by atomic mass is 16.5. The topological polar surface area (TPSA) is 57.7 Å². The average Bonchev–Trinajstić information content (AvgIpc) is 2.70. The number of nitrogens with one attached hydrogen (secondary N) is 1.